The third-order valence-corrected chi connectivity index (χ3v) is 6.95. The van der Waals surface area contributed by atoms with E-state index in [2.05, 4.69) is 0 Å². The molecule has 2 atom stereocenters. The Kier molecular flexibility index (Phi) is 8.37. The fourth-order valence-corrected chi connectivity index (χ4v) is 5.18. The molecule has 0 radical (unpaired) electrons. The van der Waals surface area contributed by atoms with Crippen LogP contribution in [0, 0.1) is 5.92 Å². The topological polar surface area (TPSA) is 97.0 Å². The minimum Gasteiger partial charge on any atom is -0.458 e. The van der Waals surface area contributed by atoms with E-state index in [1.54, 1.807) is 39.0 Å². The minimum absolute atomic E-state index is 0.0925. The zero-order valence-corrected chi connectivity index (χ0v) is 23.5. The van der Waals surface area contributed by atoms with Crippen molar-refractivity contribution in [3.05, 3.63) is 90.2 Å². The Morgan fingerprint density at radius 1 is 0.949 bits per heavy atom. The molecule has 39 heavy (non-hydrogen) atoms. The van der Waals surface area contributed by atoms with Crippen molar-refractivity contribution < 1.29 is 27.5 Å². The molecule has 0 saturated carbocycles. The predicted octanol–water partition coefficient (Wildman–Crippen LogP) is 6.83. The molecule has 0 aliphatic rings. The van der Waals surface area contributed by atoms with Crippen molar-refractivity contribution in [3.8, 4) is 11.1 Å². The Morgan fingerprint density at radius 2 is 1.54 bits per heavy atom. The van der Waals surface area contributed by atoms with E-state index in [1.807, 2.05) is 74.5 Å². The van der Waals surface area contributed by atoms with Gasteiger partial charge in [0.25, 0.3) is 11.3 Å². The zero-order valence-electron chi connectivity index (χ0n) is 22.7. The second-order valence-electron chi connectivity index (χ2n) is 10.8. The standard InChI is InChI=1S/C31H33NO6S/c1-20(2)29(30(34)38-31(3,4)5)32(39(35)36)25-16-14-23(15-17-25)22-12-10-21(11-13-22)18-26(33)28-19-24-8-6-7-9-27(24)37-28/h6-17,19-20,29H,18H2,1-5H3,(H,35,36). The molecular formula is C31H33NO6S. The molecule has 4 aromatic rings. The van der Waals surface area contributed by atoms with Crippen molar-refractivity contribution in [3.63, 3.8) is 0 Å². The maximum absolute atomic E-state index is 12.9. The van der Waals surface area contributed by atoms with Gasteiger partial charge in [0, 0.05) is 11.8 Å². The van der Waals surface area contributed by atoms with Gasteiger partial charge >= 0.3 is 5.97 Å². The van der Waals surface area contributed by atoms with Crippen molar-refractivity contribution >= 4 is 39.7 Å². The Labute approximate surface area is 231 Å². The van der Waals surface area contributed by atoms with Crippen LogP contribution in [0.2, 0.25) is 0 Å². The fraction of sp³-hybridized carbons (Fsp3) is 0.290. The van der Waals surface area contributed by atoms with Crippen LogP contribution < -0.4 is 4.31 Å². The van der Waals surface area contributed by atoms with Gasteiger partial charge in [-0.1, -0.05) is 68.4 Å². The number of nitrogens with zero attached hydrogens (tertiary/aromatic N) is 1. The van der Waals surface area contributed by atoms with E-state index in [0.717, 1.165) is 22.1 Å². The number of carbonyl (C=O) groups is 2. The van der Waals surface area contributed by atoms with Gasteiger partial charge in [0.1, 0.15) is 17.2 Å². The number of fused-ring (bicyclic) bond motifs is 1. The van der Waals surface area contributed by atoms with Crippen LogP contribution in [0.1, 0.15) is 50.7 Å². The third kappa shape index (κ3) is 6.82. The first kappa shape index (κ1) is 28.3. The van der Waals surface area contributed by atoms with Crippen LogP contribution in [0.4, 0.5) is 5.69 Å². The Morgan fingerprint density at radius 3 is 2.08 bits per heavy atom. The Balaban J connectivity index is 1.50. The summed E-state index contributed by atoms with van der Waals surface area (Å²) in [6.07, 6.45) is 0.220. The molecule has 0 fully saturated rings. The number of Topliss-reactive ketones (excluding diaryl/α,β-unsaturated/α-hetero) is 1. The average Bonchev–Trinajstić information content (AvgIpc) is 3.31. The summed E-state index contributed by atoms with van der Waals surface area (Å²) >= 11 is -2.44. The molecular weight excluding hydrogens is 514 g/mol. The van der Waals surface area contributed by atoms with Crippen molar-refractivity contribution in [2.45, 2.75) is 52.7 Å². The minimum atomic E-state index is -2.44. The number of ether oxygens (including phenoxy) is 1. The second kappa shape index (κ2) is 11.6. The maximum atomic E-state index is 12.9. The summed E-state index contributed by atoms with van der Waals surface area (Å²) in [7, 11) is 0. The number of para-hydroxylation sites is 1. The summed E-state index contributed by atoms with van der Waals surface area (Å²) in [5.41, 5.74) is 3.06. The van der Waals surface area contributed by atoms with Crippen molar-refractivity contribution in [1.29, 1.82) is 0 Å². The molecule has 1 heterocycles. The summed E-state index contributed by atoms with van der Waals surface area (Å²) in [5, 5.41) is 0.897. The highest BCUT2D eigenvalue weighted by atomic mass is 32.2. The van der Waals surface area contributed by atoms with E-state index in [0.29, 0.717) is 17.0 Å². The number of anilines is 1. The van der Waals surface area contributed by atoms with Crippen molar-refractivity contribution in [2.24, 2.45) is 5.92 Å². The SMILES string of the molecule is CC(C)C(C(=O)OC(C)(C)C)N(c1ccc(-c2ccc(CC(=O)c3cc4ccccc4o3)cc2)cc1)S(=O)O. The van der Waals surface area contributed by atoms with Crippen molar-refractivity contribution in [2.75, 3.05) is 4.31 Å². The molecule has 3 aromatic carbocycles. The van der Waals surface area contributed by atoms with Crippen LogP contribution >= 0.6 is 0 Å². The number of rotatable bonds is 9. The third-order valence-electron chi connectivity index (χ3n) is 6.17. The lowest BCUT2D eigenvalue weighted by Crippen LogP contribution is -2.48. The lowest BCUT2D eigenvalue weighted by Gasteiger charge is -2.33. The number of carbonyl (C=O) groups excluding carboxylic acids is 2. The molecule has 0 saturated heterocycles. The summed E-state index contributed by atoms with van der Waals surface area (Å²) in [6.45, 7) is 8.90. The summed E-state index contributed by atoms with van der Waals surface area (Å²) < 4.78 is 34.8. The van der Waals surface area contributed by atoms with Crippen LogP contribution in [-0.2, 0) is 27.2 Å². The van der Waals surface area contributed by atoms with E-state index in [9.17, 15) is 18.4 Å². The molecule has 0 aliphatic heterocycles. The monoisotopic (exact) mass is 547 g/mol. The van der Waals surface area contributed by atoms with Gasteiger partial charge in [0.15, 0.2) is 5.76 Å². The predicted molar refractivity (Wildman–Crippen MR) is 154 cm³/mol. The lowest BCUT2D eigenvalue weighted by atomic mass is 10.0. The smallest absolute Gasteiger partial charge is 0.330 e. The quantitative estimate of drug-likeness (QED) is 0.140. The first-order valence-electron chi connectivity index (χ1n) is 12.8. The lowest BCUT2D eigenvalue weighted by molar-refractivity contribution is -0.157. The Hall–Kier alpha value is -3.75. The number of benzene rings is 3. The first-order valence-corrected chi connectivity index (χ1v) is 13.8. The van der Waals surface area contributed by atoms with Crippen LogP contribution in [0.15, 0.2) is 83.3 Å². The number of ketones is 1. The summed E-state index contributed by atoms with van der Waals surface area (Å²) in [5.74, 6) is -0.583. The summed E-state index contributed by atoms with van der Waals surface area (Å²) in [6, 6.07) is 23.1. The fourth-order valence-electron chi connectivity index (χ4n) is 4.36. The molecule has 0 aliphatic carbocycles. The highest BCUT2D eigenvalue weighted by molar-refractivity contribution is 7.80. The van der Waals surface area contributed by atoms with Gasteiger partial charge in [-0.25, -0.2) is 9.00 Å². The number of hydrogen-bond donors (Lipinski definition) is 1. The molecule has 0 amide bonds. The van der Waals surface area contributed by atoms with E-state index in [1.165, 1.54) is 4.31 Å². The van der Waals surface area contributed by atoms with Gasteiger partial charge in [0.05, 0.1) is 5.69 Å². The molecule has 8 heteroatoms. The van der Waals surface area contributed by atoms with Gasteiger partial charge < -0.3 is 9.15 Å². The first-order chi connectivity index (χ1) is 18.4. The van der Waals surface area contributed by atoms with Gasteiger partial charge in [-0.05, 0) is 67.6 Å². The van der Waals surface area contributed by atoms with Crippen LogP contribution in [-0.4, -0.2) is 32.2 Å². The van der Waals surface area contributed by atoms with E-state index < -0.39 is 28.9 Å². The normalized spacial score (nSPS) is 13.3. The molecule has 204 valence electrons. The Bertz CT molecular complexity index is 1450. The van der Waals surface area contributed by atoms with Crippen LogP contribution in [0.5, 0.6) is 0 Å². The van der Waals surface area contributed by atoms with E-state index in [-0.39, 0.29) is 18.1 Å². The molecule has 7 nitrogen and oxygen atoms in total. The molecule has 1 aromatic heterocycles. The number of furan rings is 1. The van der Waals surface area contributed by atoms with E-state index >= 15 is 0 Å². The highest BCUT2D eigenvalue weighted by Crippen LogP contribution is 2.29. The number of esters is 1. The zero-order chi connectivity index (χ0) is 28.3. The largest absolute Gasteiger partial charge is 0.458 e. The van der Waals surface area contributed by atoms with Gasteiger partial charge in [-0.3, -0.25) is 13.7 Å². The average molecular weight is 548 g/mol. The van der Waals surface area contributed by atoms with Gasteiger partial charge in [0.2, 0.25) is 5.78 Å². The van der Waals surface area contributed by atoms with Crippen LogP contribution in [0.25, 0.3) is 22.1 Å². The number of hydrogen-bond acceptors (Lipinski definition) is 5. The highest BCUT2D eigenvalue weighted by Gasteiger charge is 2.36. The maximum Gasteiger partial charge on any atom is 0.330 e. The van der Waals surface area contributed by atoms with Crippen LogP contribution in [0.3, 0.4) is 0 Å². The molecule has 0 spiro atoms. The molecule has 4 rings (SSSR count). The second-order valence-corrected chi connectivity index (χ2v) is 11.6. The summed E-state index contributed by atoms with van der Waals surface area (Å²) in [4.78, 5) is 25.7. The van der Waals surface area contributed by atoms with Gasteiger partial charge in [-0.2, -0.15) is 0 Å². The molecule has 0 bridgehead atoms. The molecule has 1 N–H and O–H groups in total. The van der Waals surface area contributed by atoms with Crippen molar-refractivity contribution in [1.82, 2.24) is 0 Å². The van der Waals surface area contributed by atoms with Gasteiger partial charge in [-0.15, -0.1) is 0 Å². The van der Waals surface area contributed by atoms with E-state index in [4.69, 9.17) is 9.15 Å². The molecule has 2 unspecified atom stereocenters.